The lowest BCUT2D eigenvalue weighted by molar-refractivity contribution is 0.626. The molecule has 0 saturated carbocycles. The molecule has 0 saturated heterocycles. The molecule has 0 nitrogen and oxygen atoms in total. The summed E-state index contributed by atoms with van der Waals surface area (Å²) in [6.45, 7) is 1.90. The Hall–Kier alpha value is -0.380. The van der Waals surface area contributed by atoms with Gasteiger partial charge in [-0.2, -0.15) is 0 Å². The van der Waals surface area contributed by atoms with Crippen molar-refractivity contribution in [3.63, 3.8) is 0 Å². The van der Waals surface area contributed by atoms with E-state index in [4.69, 9.17) is 11.6 Å². The molecular weight excluding hydrogens is 311 g/mol. The number of alkyl halides is 1. The quantitative estimate of drug-likeness (QED) is 0.656. The normalized spacial score (nSPS) is 12.8. The van der Waals surface area contributed by atoms with E-state index in [-0.39, 0.29) is 10.6 Å². The van der Waals surface area contributed by atoms with E-state index in [1.54, 1.807) is 17.4 Å². The molecular formula is C12H9BrClFS. The summed E-state index contributed by atoms with van der Waals surface area (Å²) in [5, 5.41) is 2.70. The monoisotopic (exact) mass is 318 g/mol. The van der Waals surface area contributed by atoms with Crippen LogP contribution >= 0.6 is 38.9 Å². The smallest absolute Gasteiger partial charge is 0.123 e. The number of hydrogen-bond acceptors (Lipinski definition) is 1. The van der Waals surface area contributed by atoms with Crippen LogP contribution in [0.15, 0.2) is 29.6 Å². The second kappa shape index (κ2) is 4.86. The van der Waals surface area contributed by atoms with Crippen molar-refractivity contribution in [2.24, 2.45) is 0 Å². The minimum Gasteiger partial charge on any atom is -0.207 e. The van der Waals surface area contributed by atoms with Crippen LogP contribution in [0.4, 0.5) is 4.39 Å². The first kappa shape index (κ1) is 12.1. The van der Waals surface area contributed by atoms with Gasteiger partial charge in [0.15, 0.2) is 0 Å². The third kappa shape index (κ3) is 2.31. The number of rotatable bonds is 2. The lowest BCUT2D eigenvalue weighted by Crippen LogP contribution is -1.94. The first-order valence-electron chi connectivity index (χ1n) is 4.72. The van der Waals surface area contributed by atoms with Crippen molar-refractivity contribution < 1.29 is 4.39 Å². The Bertz CT molecular complexity index is 509. The number of aryl methyl sites for hydroxylation is 1. The maximum atomic E-state index is 13.0. The Morgan fingerprint density at radius 1 is 1.38 bits per heavy atom. The molecule has 0 aliphatic rings. The fourth-order valence-corrected chi connectivity index (χ4v) is 3.93. The molecule has 1 atom stereocenters. The summed E-state index contributed by atoms with van der Waals surface area (Å²) in [5.74, 6) is -0.210. The predicted molar refractivity (Wildman–Crippen MR) is 71.2 cm³/mol. The van der Waals surface area contributed by atoms with Crippen molar-refractivity contribution in [1.29, 1.82) is 0 Å². The summed E-state index contributed by atoms with van der Waals surface area (Å²) in [4.78, 5) is 1.08. The van der Waals surface area contributed by atoms with E-state index in [1.807, 2.05) is 18.4 Å². The van der Waals surface area contributed by atoms with Crippen molar-refractivity contribution in [3.05, 3.63) is 56.5 Å². The number of hydrogen-bond donors (Lipinski definition) is 0. The fourth-order valence-electron chi connectivity index (χ4n) is 1.55. The Morgan fingerprint density at radius 2 is 2.12 bits per heavy atom. The van der Waals surface area contributed by atoms with Gasteiger partial charge in [-0.15, -0.1) is 11.3 Å². The Labute approximate surface area is 111 Å². The van der Waals surface area contributed by atoms with Gasteiger partial charge in [0.2, 0.25) is 0 Å². The Kier molecular flexibility index (Phi) is 3.67. The molecule has 1 heterocycles. The predicted octanol–water partition coefficient (Wildman–Crippen LogP) is 5.33. The molecule has 1 aromatic carbocycles. The van der Waals surface area contributed by atoms with E-state index in [2.05, 4.69) is 15.9 Å². The number of thiophene rings is 1. The van der Waals surface area contributed by atoms with Gasteiger partial charge in [-0.3, -0.25) is 0 Å². The lowest BCUT2D eigenvalue weighted by Gasteiger charge is -2.12. The van der Waals surface area contributed by atoms with Crippen molar-refractivity contribution in [2.75, 3.05) is 0 Å². The lowest BCUT2D eigenvalue weighted by atomic mass is 10.0. The summed E-state index contributed by atoms with van der Waals surface area (Å²) >= 11 is 11.3. The van der Waals surface area contributed by atoms with Gasteiger partial charge >= 0.3 is 0 Å². The average molecular weight is 320 g/mol. The molecule has 0 spiro atoms. The molecule has 0 fully saturated rings. The molecule has 1 aromatic heterocycles. The molecule has 0 aliphatic carbocycles. The molecule has 2 rings (SSSR count). The molecule has 1 unspecified atom stereocenters. The zero-order chi connectivity index (χ0) is 11.7. The highest BCUT2D eigenvalue weighted by molar-refractivity contribution is 9.09. The third-order valence-electron chi connectivity index (χ3n) is 2.38. The van der Waals surface area contributed by atoms with Gasteiger partial charge in [0.1, 0.15) is 5.82 Å². The molecule has 0 amide bonds. The van der Waals surface area contributed by atoms with Gasteiger partial charge in [-0.1, -0.05) is 33.6 Å². The molecule has 0 radical (unpaired) electrons. The topological polar surface area (TPSA) is 0 Å². The highest BCUT2D eigenvalue weighted by atomic mass is 79.9. The molecule has 16 heavy (non-hydrogen) atoms. The van der Waals surface area contributed by atoms with Crippen molar-refractivity contribution in [2.45, 2.75) is 11.8 Å². The van der Waals surface area contributed by atoms with E-state index in [0.29, 0.717) is 0 Å². The average Bonchev–Trinajstić information content (AvgIpc) is 2.63. The van der Waals surface area contributed by atoms with E-state index < -0.39 is 0 Å². The van der Waals surface area contributed by atoms with Crippen molar-refractivity contribution in [3.8, 4) is 0 Å². The molecule has 4 heteroatoms. The van der Waals surface area contributed by atoms with Crippen LogP contribution in [0.3, 0.4) is 0 Å². The maximum absolute atomic E-state index is 13.0. The molecule has 2 aromatic rings. The van der Waals surface area contributed by atoms with Gasteiger partial charge in [0.05, 0.1) is 9.85 Å². The first-order valence-corrected chi connectivity index (χ1v) is 6.90. The van der Waals surface area contributed by atoms with Gasteiger partial charge in [0.25, 0.3) is 0 Å². The Morgan fingerprint density at radius 3 is 2.69 bits per heavy atom. The fraction of sp³-hybridized carbons (Fsp3) is 0.167. The highest BCUT2D eigenvalue weighted by Crippen LogP contribution is 2.39. The van der Waals surface area contributed by atoms with E-state index in [9.17, 15) is 4.39 Å². The van der Waals surface area contributed by atoms with Crippen LogP contribution in [0.1, 0.15) is 20.8 Å². The minimum atomic E-state index is -0.210. The molecule has 0 aliphatic heterocycles. The van der Waals surface area contributed by atoms with Crippen LogP contribution < -0.4 is 0 Å². The van der Waals surface area contributed by atoms with Gasteiger partial charge in [-0.25, -0.2) is 4.39 Å². The van der Waals surface area contributed by atoms with Crippen LogP contribution in [0.25, 0.3) is 0 Å². The van der Waals surface area contributed by atoms with Crippen LogP contribution in [-0.2, 0) is 0 Å². The summed E-state index contributed by atoms with van der Waals surface area (Å²) in [6.07, 6.45) is 0. The summed E-state index contributed by atoms with van der Waals surface area (Å²) in [6, 6.07) is 6.66. The zero-order valence-corrected chi connectivity index (χ0v) is 11.7. The largest absolute Gasteiger partial charge is 0.207 e. The van der Waals surface area contributed by atoms with Crippen LogP contribution in [0.2, 0.25) is 5.02 Å². The standard InChI is InChI=1S/C12H9BrClFS/c1-7-6-8(15)2-3-9(7)11(13)12-10(14)4-5-16-12/h2-6,11H,1H3. The SMILES string of the molecule is Cc1cc(F)ccc1C(Br)c1sccc1Cl. The highest BCUT2D eigenvalue weighted by Gasteiger charge is 2.17. The Balaban J connectivity index is 2.41. The van der Waals surface area contributed by atoms with E-state index >= 15 is 0 Å². The number of benzene rings is 1. The van der Waals surface area contributed by atoms with E-state index in [1.165, 1.54) is 12.1 Å². The number of halogens is 3. The second-order valence-corrected chi connectivity index (χ2v) is 5.77. The summed E-state index contributed by atoms with van der Waals surface area (Å²) < 4.78 is 13.0. The first-order chi connectivity index (χ1) is 7.59. The summed E-state index contributed by atoms with van der Waals surface area (Å²) in [5.41, 5.74) is 1.97. The van der Waals surface area contributed by atoms with Gasteiger partial charge < -0.3 is 0 Å². The van der Waals surface area contributed by atoms with E-state index in [0.717, 1.165) is 21.0 Å². The van der Waals surface area contributed by atoms with Crippen LogP contribution in [-0.4, -0.2) is 0 Å². The zero-order valence-electron chi connectivity index (χ0n) is 8.51. The molecule has 84 valence electrons. The summed E-state index contributed by atoms with van der Waals surface area (Å²) in [7, 11) is 0. The van der Waals surface area contributed by atoms with Gasteiger partial charge in [0, 0.05) is 4.88 Å². The van der Waals surface area contributed by atoms with Crippen molar-refractivity contribution in [1.82, 2.24) is 0 Å². The second-order valence-electron chi connectivity index (χ2n) is 3.50. The minimum absolute atomic E-state index is 0.0283. The molecule has 0 bridgehead atoms. The van der Waals surface area contributed by atoms with Crippen molar-refractivity contribution >= 4 is 38.9 Å². The third-order valence-corrected chi connectivity index (χ3v) is 5.06. The van der Waals surface area contributed by atoms with Gasteiger partial charge in [-0.05, 0) is 41.6 Å². The molecule has 0 N–H and O–H groups in total. The van der Waals surface area contributed by atoms with Crippen LogP contribution in [0.5, 0.6) is 0 Å². The maximum Gasteiger partial charge on any atom is 0.123 e. The van der Waals surface area contributed by atoms with Crippen LogP contribution in [0, 0.1) is 12.7 Å².